The molecule has 2 heterocycles. The van der Waals surface area contributed by atoms with Crippen molar-refractivity contribution in [2.75, 3.05) is 0 Å². The van der Waals surface area contributed by atoms with E-state index >= 15 is 0 Å². The number of nitrogens with one attached hydrogen (secondary N) is 2. The Morgan fingerprint density at radius 1 is 1.08 bits per heavy atom. The van der Waals surface area contributed by atoms with Crippen molar-refractivity contribution in [1.82, 2.24) is 21.0 Å². The van der Waals surface area contributed by atoms with Crippen molar-refractivity contribution in [1.29, 1.82) is 0 Å². The van der Waals surface area contributed by atoms with E-state index in [2.05, 4.69) is 10.2 Å². The highest BCUT2D eigenvalue weighted by Crippen LogP contribution is 2.22. The summed E-state index contributed by atoms with van der Waals surface area (Å²) in [6.07, 6.45) is -2.88. The van der Waals surface area contributed by atoms with E-state index in [4.69, 9.17) is 4.42 Å². The number of amides is 2. The van der Waals surface area contributed by atoms with Crippen molar-refractivity contribution in [2.24, 2.45) is 0 Å². The molecular weight excluding hydrogens is 366 g/mol. The highest BCUT2D eigenvalue weighted by molar-refractivity contribution is 7.14. The first-order valence-electron chi connectivity index (χ1n) is 7.38. The summed E-state index contributed by atoms with van der Waals surface area (Å²) in [6.45, 7) is 0. The Morgan fingerprint density at radius 2 is 1.85 bits per heavy atom. The van der Waals surface area contributed by atoms with Gasteiger partial charge in [-0.15, -0.1) is 21.5 Å². The molecule has 3 aromatic rings. The van der Waals surface area contributed by atoms with E-state index in [-0.39, 0.29) is 4.88 Å². The first-order chi connectivity index (χ1) is 12.5. The van der Waals surface area contributed by atoms with Crippen molar-refractivity contribution in [3.8, 4) is 11.5 Å². The standard InChI is InChI=1S/C16H12F2N4O3S/c17-13(18)15(24)21-20-14(23)11-7-6-10(26-11)8-12-19-22-16(25-12)9-4-2-1-3-5-9/h1-7,13H,8H2,(H,20,23)(H,21,24). The molecule has 0 fully saturated rings. The molecule has 0 aliphatic rings. The zero-order valence-corrected chi connectivity index (χ0v) is 13.9. The number of alkyl halides is 2. The maximum Gasteiger partial charge on any atom is 0.317 e. The van der Waals surface area contributed by atoms with E-state index in [1.165, 1.54) is 6.07 Å². The van der Waals surface area contributed by atoms with Crippen LogP contribution in [0.1, 0.15) is 20.4 Å². The lowest BCUT2D eigenvalue weighted by atomic mass is 10.2. The predicted octanol–water partition coefficient (Wildman–Crippen LogP) is 2.42. The van der Waals surface area contributed by atoms with Crippen molar-refractivity contribution < 1.29 is 22.8 Å². The van der Waals surface area contributed by atoms with Gasteiger partial charge in [0.25, 0.3) is 5.91 Å². The summed E-state index contributed by atoms with van der Waals surface area (Å²) in [5.41, 5.74) is 4.36. The zero-order valence-electron chi connectivity index (χ0n) is 13.1. The van der Waals surface area contributed by atoms with E-state index < -0.39 is 18.2 Å². The Kier molecular flexibility index (Phi) is 5.32. The second-order valence-corrected chi connectivity index (χ2v) is 6.22. The Morgan fingerprint density at radius 3 is 2.58 bits per heavy atom. The third-order valence-corrected chi connectivity index (χ3v) is 4.28. The van der Waals surface area contributed by atoms with Crippen LogP contribution in [0.3, 0.4) is 0 Å². The van der Waals surface area contributed by atoms with Gasteiger partial charge < -0.3 is 4.42 Å². The molecule has 2 N–H and O–H groups in total. The molecule has 7 nitrogen and oxygen atoms in total. The minimum Gasteiger partial charge on any atom is -0.420 e. The SMILES string of the molecule is O=C(NNC(=O)C(F)F)c1ccc(Cc2nnc(-c3ccccc3)o2)s1. The first kappa shape index (κ1) is 17.7. The summed E-state index contributed by atoms with van der Waals surface area (Å²) in [4.78, 5) is 23.6. The Labute approximate surface area is 150 Å². The van der Waals surface area contributed by atoms with Crippen LogP contribution in [0, 0.1) is 0 Å². The number of carbonyl (C=O) groups is 2. The van der Waals surface area contributed by atoms with Gasteiger partial charge in [-0.25, -0.2) is 0 Å². The van der Waals surface area contributed by atoms with Crippen LogP contribution >= 0.6 is 11.3 Å². The summed E-state index contributed by atoms with van der Waals surface area (Å²) in [5.74, 6) is -1.49. The number of hydrogen-bond donors (Lipinski definition) is 2. The number of aromatic nitrogens is 2. The molecule has 0 unspecified atom stereocenters. The maximum absolute atomic E-state index is 12.1. The molecule has 134 valence electrons. The number of rotatable bonds is 5. The third-order valence-electron chi connectivity index (χ3n) is 3.20. The van der Waals surface area contributed by atoms with Gasteiger partial charge in [-0.3, -0.25) is 20.4 Å². The molecule has 0 spiro atoms. The number of carbonyl (C=O) groups excluding carboxylic acids is 2. The monoisotopic (exact) mass is 378 g/mol. The van der Waals surface area contributed by atoms with Gasteiger partial charge in [-0.2, -0.15) is 8.78 Å². The Bertz CT molecular complexity index is 911. The lowest BCUT2D eigenvalue weighted by Crippen LogP contribution is -2.44. The molecule has 0 aliphatic carbocycles. The van der Waals surface area contributed by atoms with Crippen LogP contribution in [0.25, 0.3) is 11.5 Å². The summed E-state index contributed by atoms with van der Waals surface area (Å²) in [5, 5.41) is 7.95. The fourth-order valence-corrected chi connectivity index (χ4v) is 2.89. The molecule has 2 amide bonds. The second-order valence-electron chi connectivity index (χ2n) is 5.05. The lowest BCUT2D eigenvalue weighted by molar-refractivity contribution is -0.132. The van der Waals surface area contributed by atoms with Gasteiger partial charge >= 0.3 is 12.3 Å². The van der Waals surface area contributed by atoms with Crippen molar-refractivity contribution in [3.05, 3.63) is 58.1 Å². The van der Waals surface area contributed by atoms with Gasteiger partial charge in [0.1, 0.15) is 0 Å². The van der Waals surface area contributed by atoms with Crippen LogP contribution in [-0.4, -0.2) is 28.4 Å². The van der Waals surface area contributed by atoms with E-state index in [0.29, 0.717) is 18.2 Å². The molecule has 0 saturated heterocycles. The Hall–Kier alpha value is -3.14. The van der Waals surface area contributed by atoms with E-state index in [0.717, 1.165) is 21.8 Å². The molecule has 0 aliphatic heterocycles. The van der Waals surface area contributed by atoms with E-state index in [1.54, 1.807) is 11.5 Å². The predicted molar refractivity (Wildman–Crippen MR) is 88.5 cm³/mol. The second kappa shape index (κ2) is 7.83. The Balaban J connectivity index is 1.61. The smallest absolute Gasteiger partial charge is 0.317 e. The average Bonchev–Trinajstić information content (AvgIpc) is 3.30. The van der Waals surface area contributed by atoms with Crippen LogP contribution in [0.15, 0.2) is 46.9 Å². The molecule has 0 atom stereocenters. The highest BCUT2D eigenvalue weighted by atomic mass is 32.1. The van der Waals surface area contributed by atoms with Crippen molar-refractivity contribution >= 4 is 23.2 Å². The van der Waals surface area contributed by atoms with Gasteiger partial charge in [-0.05, 0) is 24.3 Å². The zero-order chi connectivity index (χ0) is 18.5. The van der Waals surface area contributed by atoms with E-state index in [1.807, 2.05) is 35.8 Å². The van der Waals surface area contributed by atoms with E-state index in [9.17, 15) is 18.4 Å². The number of nitrogens with zero attached hydrogens (tertiary/aromatic N) is 2. The summed E-state index contributed by atoms with van der Waals surface area (Å²) < 4.78 is 29.7. The molecule has 26 heavy (non-hydrogen) atoms. The molecule has 3 rings (SSSR count). The number of hydrazine groups is 1. The van der Waals surface area contributed by atoms with Crippen molar-refractivity contribution in [2.45, 2.75) is 12.8 Å². The number of thiophene rings is 1. The number of hydrogen-bond acceptors (Lipinski definition) is 6. The first-order valence-corrected chi connectivity index (χ1v) is 8.19. The van der Waals surface area contributed by atoms with Gasteiger partial charge in [0, 0.05) is 10.4 Å². The fourth-order valence-electron chi connectivity index (χ4n) is 2.00. The summed E-state index contributed by atoms with van der Waals surface area (Å²) >= 11 is 1.12. The number of benzene rings is 1. The van der Waals surface area contributed by atoms with Crippen LogP contribution < -0.4 is 10.9 Å². The molecular formula is C16H12F2N4O3S. The van der Waals surface area contributed by atoms with Gasteiger partial charge in [0.2, 0.25) is 11.8 Å². The molecule has 0 saturated carbocycles. The average molecular weight is 378 g/mol. The normalized spacial score (nSPS) is 10.7. The maximum atomic E-state index is 12.1. The van der Waals surface area contributed by atoms with Gasteiger partial charge in [0.15, 0.2) is 0 Å². The number of halogens is 2. The molecule has 1 aromatic carbocycles. The minimum atomic E-state index is -3.20. The molecule has 2 aromatic heterocycles. The fraction of sp³-hybridized carbons (Fsp3) is 0.125. The molecule has 0 bridgehead atoms. The summed E-state index contributed by atoms with van der Waals surface area (Å²) in [6, 6.07) is 12.5. The lowest BCUT2D eigenvalue weighted by Gasteiger charge is -2.04. The topological polar surface area (TPSA) is 97.1 Å². The van der Waals surface area contributed by atoms with Crippen molar-refractivity contribution in [3.63, 3.8) is 0 Å². The van der Waals surface area contributed by atoms with Crippen LogP contribution in [0.2, 0.25) is 0 Å². The largest absolute Gasteiger partial charge is 0.420 e. The van der Waals surface area contributed by atoms with Crippen LogP contribution in [0.5, 0.6) is 0 Å². The van der Waals surface area contributed by atoms with Crippen LogP contribution in [-0.2, 0) is 11.2 Å². The minimum absolute atomic E-state index is 0.248. The molecule has 10 heteroatoms. The van der Waals surface area contributed by atoms with Gasteiger partial charge in [-0.1, -0.05) is 18.2 Å². The van der Waals surface area contributed by atoms with Crippen LogP contribution in [0.4, 0.5) is 8.78 Å². The van der Waals surface area contributed by atoms with Gasteiger partial charge in [0.05, 0.1) is 11.3 Å². The summed E-state index contributed by atoms with van der Waals surface area (Å²) in [7, 11) is 0. The third kappa shape index (κ3) is 4.28. The quantitative estimate of drug-likeness (QED) is 0.665. The molecule has 0 radical (unpaired) electrons. The highest BCUT2D eigenvalue weighted by Gasteiger charge is 2.17.